The fourth-order valence-electron chi connectivity index (χ4n) is 2.59. The number of benzene rings is 1. The molecule has 2 N–H and O–H groups in total. The van der Waals surface area contributed by atoms with E-state index in [0.717, 1.165) is 18.4 Å². The molecule has 1 aliphatic heterocycles. The van der Waals surface area contributed by atoms with Crippen molar-refractivity contribution in [2.75, 3.05) is 20.2 Å². The SMILES string of the molecule is COc1cc(C)c(S(=O)(=O)N2CCCC(N)C2)cc1C. The lowest BCUT2D eigenvalue weighted by molar-refractivity contribution is 0.316. The van der Waals surface area contributed by atoms with Crippen molar-refractivity contribution in [1.29, 1.82) is 0 Å². The normalized spacial score (nSPS) is 20.9. The summed E-state index contributed by atoms with van der Waals surface area (Å²) in [7, 11) is -1.89. The fraction of sp³-hybridized carbons (Fsp3) is 0.571. The molecule has 1 aromatic carbocycles. The van der Waals surface area contributed by atoms with Gasteiger partial charge in [0.25, 0.3) is 0 Å². The van der Waals surface area contributed by atoms with Crippen molar-refractivity contribution in [3.63, 3.8) is 0 Å². The summed E-state index contributed by atoms with van der Waals surface area (Å²) in [4.78, 5) is 0.352. The molecule has 0 aliphatic carbocycles. The summed E-state index contributed by atoms with van der Waals surface area (Å²) in [5, 5.41) is 0. The van der Waals surface area contributed by atoms with Gasteiger partial charge in [-0.1, -0.05) is 0 Å². The predicted molar refractivity (Wildman–Crippen MR) is 78.4 cm³/mol. The van der Waals surface area contributed by atoms with Gasteiger partial charge in [-0.15, -0.1) is 0 Å². The first kappa shape index (κ1) is 15.3. The van der Waals surface area contributed by atoms with Crippen molar-refractivity contribution >= 4 is 10.0 Å². The molecule has 2 rings (SSSR count). The van der Waals surface area contributed by atoms with E-state index < -0.39 is 10.0 Å². The van der Waals surface area contributed by atoms with Crippen LogP contribution in [0.3, 0.4) is 0 Å². The van der Waals surface area contributed by atoms with Crippen LogP contribution in [0.4, 0.5) is 0 Å². The van der Waals surface area contributed by atoms with Gasteiger partial charge in [0, 0.05) is 19.1 Å². The third-order valence-electron chi connectivity index (χ3n) is 3.73. The van der Waals surface area contributed by atoms with Gasteiger partial charge in [0.2, 0.25) is 10.0 Å². The number of hydrogen-bond acceptors (Lipinski definition) is 4. The zero-order chi connectivity index (χ0) is 14.9. The number of methoxy groups -OCH3 is 1. The van der Waals surface area contributed by atoms with Crippen molar-refractivity contribution in [1.82, 2.24) is 4.31 Å². The van der Waals surface area contributed by atoms with E-state index in [9.17, 15) is 8.42 Å². The molecule has 5 nitrogen and oxygen atoms in total. The van der Waals surface area contributed by atoms with Crippen molar-refractivity contribution in [2.24, 2.45) is 5.73 Å². The van der Waals surface area contributed by atoms with Gasteiger partial charge in [-0.25, -0.2) is 8.42 Å². The molecule has 1 aromatic rings. The maximum Gasteiger partial charge on any atom is 0.243 e. The maximum atomic E-state index is 12.7. The Bertz CT molecular complexity index is 599. The Labute approximate surface area is 120 Å². The van der Waals surface area contributed by atoms with Crippen LogP contribution in [0, 0.1) is 13.8 Å². The Kier molecular flexibility index (Phi) is 4.36. The van der Waals surface area contributed by atoms with Gasteiger partial charge in [0.05, 0.1) is 12.0 Å². The molecule has 0 radical (unpaired) electrons. The van der Waals surface area contributed by atoms with E-state index in [1.165, 1.54) is 4.31 Å². The first-order valence-corrected chi connectivity index (χ1v) is 8.21. The molecule has 6 heteroatoms. The molecule has 0 aromatic heterocycles. The lowest BCUT2D eigenvalue weighted by Crippen LogP contribution is -2.45. The largest absolute Gasteiger partial charge is 0.496 e. The zero-order valence-corrected chi connectivity index (χ0v) is 13.0. The molecule has 1 unspecified atom stereocenters. The van der Waals surface area contributed by atoms with E-state index in [2.05, 4.69) is 0 Å². The minimum atomic E-state index is -3.48. The summed E-state index contributed by atoms with van der Waals surface area (Å²) in [5.74, 6) is 0.705. The Hall–Kier alpha value is -1.11. The number of aryl methyl sites for hydroxylation is 2. The van der Waals surface area contributed by atoms with Gasteiger partial charge in [-0.2, -0.15) is 4.31 Å². The van der Waals surface area contributed by atoms with E-state index in [0.29, 0.717) is 29.3 Å². The molecule has 0 bridgehead atoms. The molecule has 1 saturated heterocycles. The molecule has 1 fully saturated rings. The van der Waals surface area contributed by atoms with Crippen LogP contribution in [0.15, 0.2) is 17.0 Å². The van der Waals surface area contributed by atoms with Gasteiger partial charge in [0.15, 0.2) is 0 Å². The molecule has 1 heterocycles. The Morgan fingerprint density at radius 3 is 2.60 bits per heavy atom. The summed E-state index contributed by atoms with van der Waals surface area (Å²) >= 11 is 0. The van der Waals surface area contributed by atoms with E-state index in [4.69, 9.17) is 10.5 Å². The average Bonchev–Trinajstić information content (AvgIpc) is 2.40. The zero-order valence-electron chi connectivity index (χ0n) is 12.2. The van der Waals surface area contributed by atoms with E-state index in [-0.39, 0.29) is 6.04 Å². The van der Waals surface area contributed by atoms with Crippen LogP contribution < -0.4 is 10.5 Å². The van der Waals surface area contributed by atoms with Crippen LogP contribution in [0.2, 0.25) is 0 Å². The van der Waals surface area contributed by atoms with E-state index in [1.807, 2.05) is 6.92 Å². The first-order valence-electron chi connectivity index (χ1n) is 6.77. The Balaban J connectivity index is 2.41. The third kappa shape index (κ3) is 2.82. The molecular formula is C14H22N2O3S. The monoisotopic (exact) mass is 298 g/mol. The number of nitrogens with two attached hydrogens (primary N) is 1. The number of piperidine rings is 1. The van der Waals surface area contributed by atoms with Gasteiger partial charge >= 0.3 is 0 Å². The lowest BCUT2D eigenvalue weighted by atomic mass is 10.1. The summed E-state index contributed by atoms with van der Waals surface area (Å²) in [6.45, 7) is 4.57. The molecule has 1 atom stereocenters. The maximum absolute atomic E-state index is 12.7. The van der Waals surface area contributed by atoms with Crippen molar-refractivity contribution in [3.8, 4) is 5.75 Å². The van der Waals surface area contributed by atoms with Gasteiger partial charge in [-0.3, -0.25) is 0 Å². The summed E-state index contributed by atoms with van der Waals surface area (Å²) in [6.07, 6.45) is 1.70. The highest BCUT2D eigenvalue weighted by molar-refractivity contribution is 7.89. The average molecular weight is 298 g/mol. The van der Waals surface area contributed by atoms with Crippen molar-refractivity contribution in [3.05, 3.63) is 23.3 Å². The highest BCUT2D eigenvalue weighted by Gasteiger charge is 2.30. The van der Waals surface area contributed by atoms with Crippen molar-refractivity contribution < 1.29 is 13.2 Å². The predicted octanol–water partition coefficient (Wildman–Crippen LogP) is 1.42. The van der Waals surface area contributed by atoms with Crippen LogP contribution in [0.1, 0.15) is 24.0 Å². The molecule has 112 valence electrons. The minimum absolute atomic E-state index is 0.0711. The quantitative estimate of drug-likeness (QED) is 0.916. The number of rotatable bonds is 3. The highest BCUT2D eigenvalue weighted by Crippen LogP contribution is 2.28. The van der Waals surface area contributed by atoms with Crippen LogP contribution in [0.25, 0.3) is 0 Å². The second-order valence-corrected chi connectivity index (χ2v) is 7.26. The summed E-state index contributed by atoms with van der Waals surface area (Å²) < 4.78 is 32.2. The Morgan fingerprint density at radius 2 is 2.00 bits per heavy atom. The number of ether oxygens (including phenoxy) is 1. The van der Waals surface area contributed by atoms with Gasteiger partial charge < -0.3 is 10.5 Å². The Morgan fingerprint density at radius 1 is 1.30 bits per heavy atom. The second-order valence-electron chi connectivity index (χ2n) is 5.35. The molecule has 1 aliphatic rings. The second kappa shape index (κ2) is 5.71. The topological polar surface area (TPSA) is 72.6 Å². The summed E-state index contributed by atoms with van der Waals surface area (Å²) in [6, 6.07) is 3.38. The smallest absolute Gasteiger partial charge is 0.243 e. The summed E-state index contributed by atoms with van der Waals surface area (Å²) in [5.41, 5.74) is 7.41. The number of hydrogen-bond donors (Lipinski definition) is 1. The molecule has 0 amide bonds. The minimum Gasteiger partial charge on any atom is -0.496 e. The third-order valence-corrected chi connectivity index (χ3v) is 5.74. The standard InChI is InChI=1S/C14H22N2O3S/c1-10-8-14(11(2)7-13(10)19-3)20(17,18)16-6-4-5-12(15)9-16/h7-8,12H,4-6,9,15H2,1-3H3. The molecule has 0 saturated carbocycles. The lowest BCUT2D eigenvalue weighted by Gasteiger charge is -2.30. The fourth-order valence-corrected chi connectivity index (χ4v) is 4.42. The van der Waals surface area contributed by atoms with E-state index >= 15 is 0 Å². The van der Waals surface area contributed by atoms with Crippen LogP contribution in [-0.4, -0.2) is 39.0 Å². The molecule has 20 heavy (non-hydrogen) atoms. The van der Waals surface area contributed by atoms with E-state index in [1.54, 1.807) is 26.2 Å². The van der Waals surface area contributed by atoms with Gasteiger partial charge in [-0.05, 0) is 49.9 Å². The van der Waals surface area contributed by atoms with Crippen LogP contribution in [-0.2, 0) is 10.0 Å². The van der Waals surface area contributed by atoms with Crippen LogP contribution >= 0.6 is 0 Å². The number of sulfonamides is 1. The van der Waals surface area contributed by atoms with Crippen LogP contribution in [0.5, 0.6) is 5.75 Å². The molecule has 0 spiro atoms. The number of nitrogens with zero attached hydrogens (tertiary/aromatic N) is 1. The highest BCUT2D eigenvalue weighted by atomic mass is 32.2. The molecular weight excluding hydrogens is 276 g/mol. The van der Waals surface area contributed by atoms with Gasteiger partial charge in [0.1, 0.15) is 5.75 Å². The van der Waals surface area contributed by atoms with Crippen molar-refractivity contribution in [2.45, 2.75) is 37.6 Å². The first-order chi connectivity index (χ1) is 9.36.